The number of hydrogen-bond acceptors (Lipinski definition) is 10. The number of thiol groups is 1. The summed E-state index contributed by atoms with van der Waals surface area (Å²) >= 11 is 4.90. The van der Waals surface area contributed by atoms with Crippen molar-refractivity contribution in [3.8, 4) is 0 Å². The molecule has 36 heavy (non-hydrogen) atoms. The van der Waals surface area contributed by atoms with E-state index in [9.17, 15) is 29.3 Å². The Morgan fingerprint density at radius 1 is 1.22 bits per heavy atom. The molecule has 1 unspecified atom stereocenters. The first kappa shape index (κ1) is 27.0. The van der Waals surface area contributed by atoms with Crippen LogP contribution >= 0.6 is 24.0 Å². The molecule has 0 radical (unpaired) electrons. The minimum absolute atomic E-state index is 0.0765. The third-order valence-electron chi connectivity index (χ3n) is 5.39. The summed E-state index contributed by atoms with van der Waals surface area (Å²) in [6.07, 6.45) is 1.64. The zero-order chi connectivity index (χ0) is 26.2. The number of esters is 2. The van der Waals surface area contributed by atoms with Crippen molar-refractivity contribution in [2.24, 2.45) is 11.8 Å². The zero-order valence-electron chi connectivity index (χ0n) is 18.9. The summed E-state index contributed by atoms with van der Waals surface area (Å²) in [5.41, 5.74) is 0.422. The summed E-state index contributed by atoms with van der Waals surface area (Å²) in [5.74, 6) is -3.41. The number of nitro benzene ring substituents is 1. The average molecular weight is 534 g/mol. The van der Waals surface area contributed by atoms with Crippen LogP contribution in [-0.2, 0) is 30.5 Å². The number of carbonyl (C=O) groups is 4. The molecule has 1 aliphatic heterocycles. The van der Waals surface area contributed by atoms with Gasteiger partial charge in [0.1, 0.15) is 24.0 Å². The molecule has 0 aliphatic carbocycles. The predicted molar refractivity (Wildman–Crippen MR) is 134 cm³/mol. The summed E-state index contributed by atoms with van der Waals surface area (Å²) in [4.78, 5) is 59.9. The van der Waals surface area contributed by atoms with Crippen LogP contribution in [0.5, 0.6) is 0 Å². The van der Waals surface area contributed by atoms with Gasteiger partial charge in [-0.2, -0.15) is 0 Å². The Morgan fingerprint density at radius 2 is 1.94 bits per heavy atom. The molecule has 1 aromatic carbocycles. The molecule has 3 atom stereocenters. The molecule has 2 N–H and O–H groups in total. The number of hydrogen-bond donors (Lipinski definition) is 3. The van der Waals surface area contributed by atoms with Crippen LogP contribution in [0.15, 0.2) is 49.1 Å². The third kappa shape index (κ3) is 6.99. The Balaban J connectivity index is 1.55. The van der Waals surface area contributed by atoms with Crippen molar-refractivity contribution in [1.82, 2.24) is 5.32 Å². The fourth-order valence-corrected chi connectivity index (χ4v) is 4.72. The lowest BCUT2D eigenvalue weighted by Gasteiger charge is -2.18. The van der Waals surface area contributed by atoms with Gasteiger partial charge < -0.3 is 20.1 Å². The molecule has 2 aromatic rings. The van der Waals surface area contributed by atoms with Crippen molar-refractivity contribution < 1.29 is 33.6 Å². The summed E-state index contributed by atoms with van der Waals surface area (Å²) < 4.78 is 10.2. The van der Waals surface area contributed by atoms with E-state index in [0.717, 1.165) is 11.3 Å². The Bertz CT molecular complexity index is 1160. The number of nitrogens with zero attached hydrogens (tertiary/aromatic N) is 1. The standard InChI is InChI=1S/C23H23N3O8S2/c1-2-9-33-21(28)17-7-8-18(36-17)25-20(27)16-10-14(11-24-16)19(23(30)35)22(29)34-12-13-3-5-15(6-4-13)26(31)32/h2-8,14,16,19,24H,1,9-12H2,(H,25,27)(H,30,35)/t14-,16?,19+/m1/s1. The highest BCUT2D eigenvalue weighted by Crippen LogP contribution is 2.28. The number of anilines is 1. The second-order valence-corrected chi connectivity index (χ2v) is 9.37. The lowest BCUT2D eigenvalue weighted by Crippen LogP contribution is -2.35. The van der Waals surface area contributed by atoms with Crippen molar-refractivity contribution in [2.75, 3.05) is 18.5 Å². The average Bonchev–Trinajstić information content (AvgIpc) is 3.51. The maximum atomic E-state index is 12.7. The molecule has 11 nitrogen and oxygen atoms in total. The number of amides is 1. The summed E-state index contributed by atoms with van der Waals surface area (Å²) in [7, 11) is 0. The van der Waals surface area contributed by atoms with Crippen molar-refractivity contribution >= 4 is 57.6 Å². The maximum Gasteiger partial charge on any atom is 0.348 e. The summed E-state index contributed by atoms with van der Waals surface area (Å²) in [5, 5.41) is 16.2. The lowest BCUT2D eigenvalue weighted by molar-refractivity contribution is -0.384. The summed E-state index contributed by atoms with van der Waals surface area (Å²) in [6, 6.07) is 7.92. The van der Waals surface area contributed by atoms with Gasteiger partial charge in [-0.1, -0.05) is 12.7 Å². The predicted octanol–water partition coefficient (Wildman–Crippen LogP) is 2.73. The second-order valence-electron chi connectivity index (χ2n) is 7.84. The zero-order valence-corrected chi connectivity index (χ0v) is 20.6. The van der Waals surface area contributed by atoms with E-state index in [1.54, 1.807) is 6.07 Å². The number of benzene rings is 1. The molecule has 2 heterocycles. The van der Waals surface area contributed by atoms with Crippen molar-refractivity contribution in [2.45, 2.75) is 19.1 Å². The van der Waals surface area contributed by atoms with Gasteiger partial charge in [0.25, 0.3) is 5.69 Å². The first-order chi connectivity index (χ1) is 17.2. The van der Waals surface area contributed by atoms with Gasteiger partial charge in [0.15, 0.2) is 5.12 Å². The minimum Gasteiger partial charge on any atom is -0.460 e. The lowest BCUT2D eigenvalue weighted by atomic mass is 9.90. The normalized spacial score (nSPS) is 17.6. The number of non-ortho nitro benzene ring substituents is 1. The molecule has 1 saturated heterocycles. The van der Waals surface area contributed by atoms with E-state index in [2.05, 4.69) is 29.8 Å². The van der Waals surface area contributed by atoms with E-state index < -0.39 is 39.9 Å². The fraction of sp³-hybridized carbons (Fsp3) is 0.304. The Hall–Kier alpha value is -3.55. The third-order valence-corrected chi connectivity index (χ3v) is 6.65. The number of rotatable bonds is 11. The molecule has 0 spiro atoms. The topological polar surface area (TPSA) is 154 Å². The molecule has 1 fully saturated rings. The van der Waals surface area contributed by atoms with Gasteiger partial charge in [-0.3, -0.25) is 24.5 Å². The smallest absolute Gasteiger partial charge is 0.348 e. The van der Waals surface area contributed by atoms with E-state index in [1.165, 1.54) is 36.4 Å². The van der Waals surface area contributed by atoms with Crippen LogP contribution in [0.3, 0.4) is 0 Å². The molecule has 1 aromatic heterocycles. The SMILES string of the molecule is C=CCOC(=O)c1ccc(NC(=O)C2C[C@@H]([C@H](C(=O)S)C(=O)OCc3ccc([N+](=O)[O-])cc3)CN2)s1. The maximum absolute atomic E-state index is 12.7. The van der Waals surface area contributed by atoms with Crippen LogP contribution in [0.25, 0.3) is 0 Å². The van der Waals surface area contributed by atoms with Gasteiger partial charge in [-0.05, 0) is 42.2 Å². The monoisotopic (exact) mass is 533 g/mol. The van der Waals surface area contributed by atoms with E-state index >= 15 is 0 Å². The van der Waals surface area contributed by atoms with Gasteiger partial charge >= 0.3 is 11.9 Å². The van der Waals surface area contributed by atoms with Crippen LogP contribution in [0.1, 0.15) is 21.7 Å². The summed E-state index contributed by atoms with van der Waals surface area (Å²) in [6.45, 7) is 3.59. The Kier molecular flexibility index (Phi) is 9.33. The first-order valence-corrected chi connectivity index (χ1v) is 12.0. The minimum atomic E-state index is -1.19. The van der Waals surface area contributed by atoms with Gasteiger partial charge in [0, 0.05) is 18.7 Å². The van der Waals surface area contributed by atoms with Crippen LogP contribution < -0.4 is 10.6 Å². The molecular weight excluding hydrogens is 510 g/mol. The number of nitrogens with one attached hydrogen (secondary N) is 2. The van der Waals surface area contributed by atoms with Crippen LogP contribution in [0.4, 0.5) is 10.7 Å². The van der Waals surface area contributed by atoms with Crippen molar-refractivity contribution in [3.63, 3.8) is 0 Å². The number of nitro groups is 1. The van der Waals surface area contributed by atoms with E-state index in [-0.39, 0.29) is 37.8 Å². The Morgan fingerprint density at radius 3 is 2.58 bits per heavy atom. The highest BCUT2D eigenvalue weighted by atomic mass is 32.1. The van der Waals surface area contributed by atoms with Gasteiger partial charge in [-0.25, -0.2) is 4.79 Å². The molecular formula is C23H23N3O8S2. The quantitative estimate of drug-likeness (QED) is 0.0988. The van der Waals surface area contributed by atoms with Crippen LogP contribution in [0, 0.1) is 22.0 Å². The van der Waals surface area contributed by atoms with Gasteiger partial charge in [0.05, 0.1) is 16.0 Å². The molecule has 0 bridgehead atoms. The number of carbonyl (C=O) groups excluding carboxylic acids is 4. The Labute approximate surface area is 215 Å². The fourth-order valence-electron chi connectivity index (χ4n) is 3.60. The van der Waals surface area contributed by atoms with Gasteiger partial charge in [0.2, 0.25) is 5.91 Å². The first-order valence-electron chi connectivity index (χ1n) is 10.7. The van der Waals surface area contributed by atoms with E-state index in [0.29, 0.717) is 15.4 Å². The van der Waals surface area contributed by atoms with Crippen LogP contribution in [-0.4, -0.2) is 47.1 Å². The molecule has 13 heteroatoms. The number of ether oxygens (including phenoxy) is 2. The second kappa shape index (κ2) is 12.4. The molecule has 3 rings (SSSR count). The van der Waals surface area contributed by atoms with Gasteiger partial charge in [-0.15, -0.1) is 24.0 Å². The highest BCUT2D eigenvalue weighted by Gasteiger charge is 2.41. The van der Waals surface area contributed by atoms with E-state index in [1.807, 2.05) is 0 Å². The number of thiophene rings is 1. The highest BCUT2D eigenvalue weighted by molar-refractivity contribution is 7.96. The molecule has 190 valence electrons. The van der Waals surface area contributed by atoms with Crippen molar-refractivity contribution in [3.05, 3.63) is 69.6 Å². The van der Waals surface area contributed by atoms with E-state index in [4.69, 9.17) is 9.47 Å². The molecule has 1 amide bonds. The molecule has 1 aliphatic rings. The van der Waals surface area contributed by atoms with Crippen molar-refractivity contribution in [1.29, 1.82) is 0 Å². The molecule has 0 saturated carbocycles. The van der Waals surface area contributed by atoms with Crippen LogP contribution in [0.2, 0.25) is 0 Å². The largest absolute Gasteiger partial charge is 0.460 e.